The summed E-state index contributed by atoms with van der Waals surface area (Å²) in [4.78, 5) is 0. The number of rotatable bonds is 8. The van der Waals surface area contributed by atoms with Crippen LogP contribution >= 0.6 is 11.8 Å². The van der Waals surface area contributed by atoms with E-state index in [4.69, 9.17) is 10.5 Å². The van der Waals surface area contributed by atoms with Crippen molar-refractivity contribution in [1.29, 1.82) is 0 Å². The number of thioether (sulfide) groups is 1. The van der Waals surface area contributed by atoms with Gasteiger partial charge in [0.15, 0.2) is 0 Å². The summed E-state index contributed by atoms with van der Waals surface area (Å²) in [5, 5.41) is 0. The molecular formula is C9H21NOS. The van der Waals surface area contributed by atoms with Crippen LogP contribution in [-0.2, 0) is 4.74 Å². The smallest absolute Gasteiger partial charge is 0.0481 e. The van der Waals surface area contributed by atoms with E-state index in [1.165, 1.54) is 6.42 Å². The summed E-state index contributed by atoms with van der Waals surface area (Å²) in [7, 11) is 0. The molecule has 0 aromatic heterocycles. The van der Waals surface area contributed by atoms with Gasteiger partial charge < -0.3 is 10.5 Å². The topological polar surface area (TPSA) is 35.2 Å². The number of hydrogen-bond acceptors (Lipinski definition) is 3. The highest BCUT2D eigenvalue weighted by molar-refractivity contribution is 7.98. The molecule has 0 saturated carbocycles. The third-order valence-corrected chi connectivity index (χ3v) is 2.42. The van der Waals surface area contributed by atoms with Crippen LogP contribution in [0.15, 0.2) is 0 Å². The maximum absolute atomic E-state index is 5.80. The maximum Gasteiger partial charge on any atom is 0.0481 e. The second kappa shape index (κ2) is 9.36. The molecule has 0 aromatic carbocycles. The lowest BCUT2D eigenvalue weighted by Gasteiger charge is -2.09. The molecule has 0 saturated heterocycles. The Kier molecular flexibility index (Phi) is 9.57. The third-order valence-electron chi connectivity index (χ3n) is 1.66. The lowest BCUT2D eigenvalue weighted by molar-refractivity contribution is 0.126. The Morgan fingerprint density at radius 3 is 2.75 bits per heavy atom. The molecule has 2 nitrogen and oxygen atoms in total. The lowest BCUT2D eigenvalue weighted by atomic mass is 10.3. The highest BCUT2D eigenvalue weighted by Crippen LogP contribution is 1.99. The van der Waals surface area contributed by atoms with Crippen molar-refractivity contribution in [2.45, 2.75) is 32.2 Å². The van der Waals surface area contributed by atoms with Crippen LogP contribution < -0.4 is 5.73 Å². The number of unbranched alkanes of at least 4 members (excludes halogenated alkanes) is 1. The molecule has 1 unspecified atom stereocenters. The van der Waals surface area contributed by atoms with E-state index in [9.17, 15) is 0 Å². The van der Waals surface area contributed by atoms with E-state index in [1.54, 1.807) is 11.8 Å². The Morgan fingerprint density at radius 2 is 2.17 bits per heavy atom. The maximum atomic E-state index is 5.80. The standard InChI is InChI=1S/C9H21NOS/c1-3-4-6-11-7-5-9(10)8-12-2/h9H,3-8,10H2,1-2H3. The van der Waals surface area contributed by atoms with Gasteiger partial charge in [-0.15, -0.1) is 0 Å². The number of ether oxygens (including phenoxy) is 1. The van der Waals surface area contributed by atoms with E-state index in [1.807, 2.05) is 0 Å². The van der Waals surface area contributed by atoms with E-state index in [2.05, 4.69) is 13.2 Å². The minimum atomic E-state index is 0.307. The van der Waals surface area contributed by atoms with Crippen LogP contribution in [0.25, 0.3) is 0 Å². The largest absolute Gasteiger partial charge is 0.381 e. The zero-order valence-corrected chi connectivity index (χ0v) is 9.03. The van der Waals surface area contributed by atoms with Crippen molar-refractivity contribution >= 4 is 11.8 Å². The van der Waals surface area contributed by atoms with Crippen LogP contribution in [0.4, 0.5) is 0 Å². The fourth-order valence-corrected chi connectivity index (χ4v) is 1.48. The van der Waals surface area contributed by atoms with Gasteiger partial charge in [0.1, 0.15) is 0 Å². The van der Waals surface area contributed by atoms with Crippen molar-refractivity contribution in [2.24, 2.45) is 5.73 Å². The van der Waals surface area contributed by atoms with Gasteiger partial charge in [-0.2, -0.15) is 11.8 Å². The molecule has 0 radical (unpaired) electrons. The molecule has 1 atom stereocenters. The van der Waals surface area contributed by atoms with Gasteiger partial charge in [0.25, 0.3) is 0 Å². The Balaban J connectivity index is 2.97. The molecule has 2 N–H and O–H groups in total. The molecule has 0 aliphatic heterocycles. The van der Waals surface area contributed by atoms with Gasteiger partial charge in [0, 0.05) is 25.0 Å². The Bertz CT molecular complexity index is 90.6. The normalized spacial score (nSPS) is 13.2. The monoisotopic (exact) mass is 191 g/mol. The van der Waals surface area contributed by atoms with Crippen molar-refractivity contribution in [3.05, 3.63) is 0 Å². The predicted molar refractivity (Wildman–Crippen MR) is 56.7 cm³/mol. The summed E-state index contributed by atoms with van der Waals surface area (Å²) in [6.07, 6.45) is 5.44. The van der Waals surface area contributed by atoms with Gasteiger partial charge >= 0.3 is 0 Å². The molecule has 12 heavy (non-hydrogen) atoms. The molecule has 0 spiro atoms. The molecule has 3 heteroatoms. The quantitative estimate of drug-likeness (QED) is 0.595. The van der Waals surface area contributed by atoms with Crippen molar-refractivity contribution in [3.63, 3.8) is 0 Å². The molecule has 0 rings (SSSR count). The van der Waals surface area contributed by atoms with Crippen LogP contribution in [0.1, 0.15) is 26.2 Å². The molecule has 0 bridgehead atoms. The van der Waals surface area contributed by atoms with E-state index < -0.39 is 0 Å². The second-order valence-electron chi connectivity index (χ2n) is 2.97. The second-order valence-corrected chi connectivity index (χ2v) is 3.88. The predicted octanol–water partition coefficient (Wildman–Crippen LogP) is 1.88. The summed E-state index contributed by atoms with van der Waals surface area (Å²) in [6.45, 7) is 3.88. The molecule has 0 aromatic rings. The first-order valence-electron chi connectivity index (χ1n) is 4.63. The first-order valence-corrected chi connectivity index (χ1v) is 6.03. The summed E-state index contributed by atoms with van der Waals surface area (Å²) < 4.78 is 5.40. The Labute approximate surface area is 80.2 Å². The lowest BCUT2D eigenvalue weighted by Crippen LogP contribution is -2.24. The van der Waals surface area contributed by atoms with Crippen LogP contribution in [-0.4, -0.2) is 31.3 Å². The Morgan fingerprint density at radius 1 is 1.42 bits per heavy atom. The van der Waals surface area contributed by atoms with Gasteiger partial charge in [0.2, 0.25) is 0 Å². The minimum Gasteiger partial charge on any atom is -0.381 e. The minimum absolute atomic E-state index is 0.307. The third kappa shape index (κ3) is 8.37. The van der Waals surface area contributed by atoms with Gasteiger partial charge in [-0.05, 0) is 19.1 Å². The summed E-state index contributed by atoms with van der Waals surface area (Å²) >= 11 is 1.80. The van der Waals surface area contributed by atoms with Crippen LogP contribution in [0, 0.1) is 0 Å². The van der Waals surface area contributed by atoms with Crippen molar-refractivity contribution in [2.75, 3.05) is 25.2 Å². The first-order chi connectivity index (χ1) is 5.81. The van der Waals surface area contributed by atoms with Crippen LogP contribution in [0.5, 0.6) is 0 Å². The molecule has 0 aliphatic rings. The van der Waals surface area contributed by atoms with Crippen LogP contribution in [0.3, 0.4) is 0 Å². The highest BCUT2D eigenvalue weighted by atomic mass is 32.2. The number of hydrogen-bond donors (Lipinski definition) is 1. The molecule has 0 fully saturated rings. The van der Waals surface area contributed by atoms with E-state index >= 15 is 0 Å². The number of nitrogens with two attached hydrogens (primary N) is 1. The Hall–Kier alpha value is 0.270. The molecule has 0 amide bonds. The van der Waals surface area contributed by atoms with Gasteiger partial charge in [-0.3, -0.25) is 0 Å². The molecular weight excluding hydrogens is 170 g/mol. The average Bonchev–Trinajstić information content (AvgIpc) is 2.05. The zero-order chi connectivity index (χ0) is 9.23. The average molecular weight is 191 g/mol. The van der Waals surface area contributed by atoms with E-state index in [-0.39, 0.29) is 0 Å². The zero-order valence-electron chi connectivity index (χ0n) is 8.21. The summed E-state index contributed by atoms with van der Waals surface area (Å²) in [6, 6.07) is 0.307. The van der Waals surface area contributed by atoms with Gasteiger partial charge in [-0.25, -0.2) is 0 Å². The fourth-order valence-electron chi connectivity index (χ4n) is 0.881. The molecule has 74 valence electrons. The summed E-state index contributed by atoms with van der Waals surface area (Å²) in [5.74, 6) is 1.04. The van der Waals surface area contributed by atoms with Gasteiger partial charge in [0.05, 0.1) is 0 Å². The van der Waals surface area contributed by atoms with Gasteiger partial charge in [-0.1, -0.05) is 13.3 Å². The highest BCUT2D eigenvalue weighted by Gasteiger charge is 1.99. The van der Waals surface area contributed by atoms with E-state index in [0.29, 0.717) is 6.04 Å². The first kappa shape index (κ1) is 12.3. The van der Waals surface area contributed by atoms with Crippen molar-refractivity contribution in [1.82, 2.24) is 0 Å². The van der Waals surface area contributed by atoms with E-state index in [0.717, 1.165) is 31.8 Å². The summed E-state index contributed by atoms with van der Waals surface area (Å²) in [5.41, 5.74) is 5.80. The van der Waals surface area contributed by atoms with Crippen molar-refractivity contribution in [3.8, 4) is 0 Å². The van der Waals surface area contributed by atoms with Crippen molar-refractivity contribution < 1.29 is 4.74 Å². The van der Waals surface area contributed by atoms with Crippen LogP contribution in [0.2, 0.25) is 0 Å². The fraction of sp³-hybridized carbons (Fsp3) is 1.00. The SMILES string of the molecule is CCCCOCCC(N)CSC. The molecule has 0 heterocycles. The molecule has 0 aliphatic carbocycles.